The number of halogens is 2. The topological polar surface area (TPSA) is 57.7 Å². The summed E-state index contributed by atoms with van der Waals surface area (Å²) in [7, 11) is -0.675. The van der Waals surface area contributed by atoms with E-state index in [1.165, 1.54) is 46.6 Å². The summed E-state index contributed by atoms with van der Waals surface area (Å²) in [5.74, 6) is -0.786. The standard InChI is InChI=1S/C20H24ClFN2O3S/c1-13(2)24(5)28(26,27)17-10-11-19(21)18(12-17)20(25)23(4)14(3)15-6-8-16(22)9-7-15/h6-14H,1-5H3. The van der Waals surface area contributed by atoms with E-state index in [2.05, 4.69) is 0 Å². The molecule has 0 heterocycles. The molecular formula is C20H24ClFN2O3S. The van der Waals surface area contributed by atoms with E-state index in [4.69, 9.17) is 11.6 Å². The molecule has 8 heteroatoms. The molecule has 0 aromatic heterocycles. The molecule has 0 fully saturated rings. The van der Waals surface area contributed by atoms with Gasteiger partial charge in [0.1, 0.15) is 5.82 Å². The number of carbonyl (C=O) groups is 1. The number of rotatable bonds is 6. The van der Waals surface area contributed by atoms with Crippen LogP contribution in [0.2, 0.25) is 5.02 Å². The highest BCUT2D eigenvalue weighted by Crippen LogP contribution is 2.27. The van der Waals surface area contributed by atoms with Gasteiger partial charge in [-0.15, -0.1) is 0 Å². The number of sulfonamides is 1. The predicted octanol–water partition coefficient (Wildman–Crippen LogP) is 4.34. The average Bonchev–Trinajstić information content (AvgIpc) is 2.66. The fourth-order valence-electron chi connectivity index (χ4n) is 2.60. The van der Waals surface area contributed by atoms with Crippen LogP contribution in [0.4, 0.5) is 4.39 Å². The number of hydrogen-bond donors (Lipinski definition) is 0. The fraction of sp³-hybridized carbons (Fsp3) is 0.350. The molecule has 1 amide bonds. The first-order valence-electron chi connectivity index (χ1n) is 8.77. The minimum absolute atomic E-state index is 0.000662. The van der Waals surface area contributed by atoms with Gasteiger partial charge in [-0.3, -0.25) is 4.79 Å². The number of nitrogens with zero attached hydrogens (tertiary/aromatic N) is 2. The largest absolute Gasteiger partial charge is 0.335 e. The monoisotopic (exact) mass is 426 g/mol. The Morgan fingerprint density at radius 3 is 2.14 bits per heavy atom. The molecule has 0 N–H and O–H groups in total. The molecule has 0 radical (unpaired) electrons. The summed E-state index contributed by atoms with van der Waals surface area (Å²) >= 11 is 6.19. The lowest BCUT2D eigenvalue weighted by molar-refractivity contribution is 0.0742. The van der Waals surface area contributed by atoms with Gasteiger partial charge in [-0.05, 0) is 56.7 Å². The zero-order valence-corrected chi connectivity index (χ0v) is 18.1. The molecule has 0 bridgehead atoms. The molecule has 0 aliphatic rings. The summed E-state index contributed by atoms with van der Waals surface area (Å²) < 4.78 is 39.9. The van der Waals surface area contributed by atoms with E-state index >= 15 is 0 Å². The van der Waals surface area contributed by atoms with Gasteiger partial charge in [-0.25, -0.2) is 12.8 Å². The summed E-state index contributed by atoms with van der Waals surface area (Å²) in [6.45, 7) is 5.32. The Labute approximate surface area is 170 Å². The molecule has 0 saturated heterocycles. The maximum atomic E-state index is 13.1. The van der Waals surface area contributed by atoms with Crippen molar-refractivity contribution in [2.75, 3.05) is 14.1 Å². The lowest BCUT2D eigenvalue weighted by Gasteiger charge is -2.26. The summed E-state index contributed by atoms with van der Waals surface area (Å²) in [4.78, 5) is 14.4. The number of amides is 1. The van der Waals surface area contributed by atoms with E-state index in [0.717, 1.165) is 5.56 Å². The van der Waals surface area contributed by atoms with Crippen LogP contribution >= 0.6 is 11.6 Å². The molecule has 1 atom stereocenters. The van der Waals surface area contributed by atoms with E-state index in [0.29, 0.717) is 0 Å². The van der Waals surface area contributed by atoms with E-state index in [9.17, 15) is 17.6 Å². The van der Waals surface area contributed by atoms with Crippen molar-refractivity contribution in [3.8, 4) is 0 Å². The predicted molar refractivity (Wildman–Crippen MR) is 108 cm³/mol. The first-order chi connectivity index (χ1) is 13.0. The summed E-state index contributed by atoms with van der Waals surface area (Å²) in [6.07, 6.45) is 0. The second kappa shape index (κ2) is 8.59. The third-order valence-electron chi connectivity index (χ3n) is 4.83. The Morgan fingerprint density at radius 1 is 1.04 bits per heavy atom. The number of carbonyl (C=O) groups excluding carboxylic acids is 1. The van der Waals surface area contributed by atoms with Gasteiger partial charge in [0.15, 0.2) is 0 Å². The van der Waals surface area contributed by atoms with Crippen LogP contribution in [0.15, 0.2) is 47.4 Å². The SMILES string of the molecule is CC(c1ccc(F)cc1)N(C)C(=O)c1cc(S(=O)(=O)N(C)C(C)C)ccc1Cl. The van der Waals surface area contributed by atoms with Crippen LogP contribution in [0.1, 0.15) is 42.7 Å². The van der Waals surface area contributed by atoms with Crippen LogP contribution in [0.25, 0.3) is 0 Å². The van der Waals surface area contributed by atoms with E-state index in [-0.39, 0.29) is 33.4 Å². The van der Waals surface area contributed by atoms with Crippen LogP contribution in [-0.2, 0) is 10.0 Å². The van der Waals surface area contributed by atoms with E-state index in [1.807, 2.05) is 0 Å². The molecule has 0 spiro atoms. The zero-order valence-electron chi connectivity index (χ0n) is 16.5. The first-order valence-corrected chi connectivity index (χ1v) is 10.6. The van der Waals surface area contributed by atoms with Crippen LogP contribution in [0.3, 0.4) is 0 Å². The van der Waals surface area contributed by atoms with Gasteiger partial charge in [0.05, 0.1) is 21.5 Å². The van der Waals surface area contributed by atoms with Crippen molar-refractivity contribution in [2.24, 2.45) is 0 Å². The summed E-state index contributed by atoms with van der Waals surface area (Å²) in [5.41, 5.74) is 0.841. The zero-order chi connectivity index (χ0) is 21.2. The maximum absolute atomic E-state index is 13.1. The van der Waals surface area contributed by atoms with Gasteiger partial charge in [-0.2, -0.15) is 4.31 Å². The molecule has 28 heavy (non-hydrogen) atoms. The summed E-state index contributed by atoms with van der Waals surface area (Å²) in [5, 5.41) is 0.161. The number of benzene rings is 2. The molecule has 2 aromatic rings. The van der Waals surface area contributed by atoms with Crippen molar-refractivity contribution in [3.05, 3.63) is 64.4 Å². The van der Waals surface area contributed by atoms with E-state index < -0.39 is 15.9 Å². The minimum Gasteiger partial charge on any atom is -0.335 e. The smallest absolute Gasteiger partial charge is 0.255 e. The van der Waals surface area contributed by atoms with Crippen molar-refractivity contribution in [3.63, 3.8) is 0 Å². The quantitative estimate of drug-likeness (QED) is 0.690. The minimum atomic E-state index is -3.75. The van der Waals surface area contributed by atoms with Gasteiger partial charge in [0, 0.05) is 20.1 Å². The summed E-state index contributed by atoms with van der Waals surface area (Å²) in [6, 6.07) is 9.35. The Kier molecular flexibility index (Phi) is 6.85. The molecule has 2 aromatic carbocycles. The highest BCUT2D eigenvalue weighted by atomic mass is 35.5. The molecule has 1 unspecified atom stereocenters. The molecule has 0 saturated carbocycles. The van der Waals surface area contributed by atoms with E-state index in [1.54, 1.807) is 40.0 Å². The van der Waals surface area contributed by atoms with Gasteiger partial charge in [-0.1, -0.05) is 23.7 Å². The molecule has 152 valence electrons. The molecule has 0 aliphatic carbocycles. The van der Waals surface area contributed by atoms with Crippen LogP contribution in [0.5, 0.6) is 0 Å². The average molecular weight is 427 g/mol. The van der Waals surface area contributed by atoms with Gasteiger partial charge in [0.25, 0.3) is 5.91 Å². The van der Waals surface area contributed by atoms with Crippen molar-refractivity contribution < 1.29 is 17.6 Å². The van der Waals surface area contributed by atoms with Crippen molar-refractivity contribution in [1.29, 1.82) is 0 Å². The van der Waals surface area contributed by atoms with Crippen LogP contribution in [-0.4, -0.2) is 43.7 Å². The lowest BCUT2D eigenvalue weighted by Crippen LogP contribution is -2.33. The normalized spacial score (nSPS) is 13.0. The molecular weight excluding hydrogens is 403 g/mol. The number of hydrogen-bond acceptors (Lipinski definition) is 3. The second-order valence-corrected chi connectivity index (χ2v) is 9.30. The van der Waals surface area contributed by atoms with Crippen molar-refractivity contribution >= 4 is 27.5 Å². The van der Waals surface area contributed by atoms with Gasteiger partial charge < -0.3 is 4.90 Å². The highest BCUT2D eigenvalue weighted by Gasteiger charge is 2.27. The molecule has 2 rings (SSSR count). The maximum Gasteiger partial charge on any atom is 0.255 e. The first kappa shape index (κ1) is 22.3. The van der Waals surface area contributed by atoms with Crippen LogP contribution in [0, 0.1) is 5.82 Å². The third kappa shape index (κ3) is 4.54. The third-order valence-corrected chi connectivity index (χ3v) is 7.19. The van der Waals surface area contributed by atoms with Crippen molar-refractivity contribution in [1.82, 2.24) is 9.21 Å². The van der Waals surface area contributed by atoms with Gasteiger partial charge in [0.2, 0.25) is 10.0 Å². The Bertz CT molecular complexity index is 962. The Morgan fingerprint density at radius 2 is 1.61 bits per heavy atom. The van der Waals surface area contributed by atoms with Gasteiger partial charge >= 0.3 is 0 Å². The van der Waals surface area contributed by atoms with Crippen LogP contribution < -0.4 is 0 Å². The Hall–Kier alpha value is -1.96. The molecule has 5 nitrogen and oxygen atoms in total. The highest BCUT2D eigenvalue weighted by molar-refractivity contribution is 7.89. The fourth-order valence-corrected chi connectivity index (χ4v) is 4.20. The Balaban J connectivity index is 2.38. The lowest BCUT2D eigenvalue weighted by atomic mass is 10.1. The second-order valence-electron chi connectivity index (χ2n) is 6.90. The molecule has 0 aliphatic heterocycles. The van der Waals surface area contributed by atoms with Crippen molar-refractivity contribution in [2.45, 2.75) is 37.8 Å².